The lowest BCUT2D eigenvalue weighted by Crippen LogP contribution is -2.53. The number of anilines is 2. The molecule has 11 nitrogen and oxygen atoms in total. The Kier molecular flexibility index (Phi) is 7.70. The van der Waals surface area contributed by atoms with Crippen LogP contribution in [0, 0.1) is 0 Å². The first-order chi connectivity index (χ1) is 18.4. The van der Waals surface area contributed by atoms with E-state index < -0.39 is 35.2 Å². The minimum Gasteiger partial charge on any atom is -0.368 e. The molecule has 200 valence electrons. The lowest BCUT2D eigenvalue weighted by atomic mass is 10.0. The maximum atomic E-state index is 13.4. The molecule has 0 aromatic heterocycles. The number of fused-ring (bicyclic) bond motifs is 1. The van der Waals surface area contributed by atoms with Crippen LogP contribution in [0.2, 0.25) is 0 Å². The zero-order valence-electron chi connectivity index (χ0n) is 20.8. The van der Waals surface area contributed by atoms with Gasteiger partial charge in [-0.3, -0.25) is 28.2 Å². The SMILES string of the molecule is O=C(CC1C(=O)Nc2ccccc2N1S(=O)O)NC(Cc1ccc(C2=NCCN2)cc1)C(=O)N1CCCC1. The maximum Gasteiger partial charge on any atom is 0.262 e. The highest BCUT2D eigenvalue weighted by Crippen LogP contribution is 2.33. The molecule has 3 aliphatic rings. The van der Waals surface area contributed by atoms with Crippen LogP contribution in [-0.2, 0) is 32.1 Å². The molecule has 0 saturated carbocycles. The Hall–Kier alpha value is -3.77. The lowest BCUT2D eigenvalue weighted by Gasteiger charge is -2.34. The molecule has 1 saturated heterocycles. The molecule has 2 aromatic carbocycles. The van der Waals surface area contributed by atoms with E-state index in [0.29, 0.717) is 24.5 Å². The predicted molar refractivity (Wildman–Crippen MR) is 144 cm³/mol. The predicted octanol–water partition coefficient (Wildman–Crippen LogP) is 1.04. The number of amidine groups is 1. The summed E-state index contributed by atoms with van der Waals surface area (Å²) in [5, 5.41) is 8.73. The van der Waals surface area contributed by atoms with E-state index in [1.54, 1.807) is 29.2 Å². The van der Waals surface area contributed by atoms with E-state index in [1.165, 1.54) is 0 Å². The third-order valence-corrected chi connectivity index (χ3v) is 7.71. The van der Waals surface area contributed by atoms with E-state index >= 15 is 0 Å². The second kappa shape index (κ2) is 11.3. The fourth-order valence-electron chi connectivity index (χ4n) is 5.04. The minimum atomic E-state index is -2.54. The van der Waals surface area contributed by atoms with Crippen LogP contribution >= 0.6 is 0 Å². The Labute approximate surface area is 223 Å². The molecule has 0 bridgehead atoms. The first-order valence-electron chi connectivity index (χ1n) is 12.7. The number of rotatable bonds is 8. The summed E-state index contributed by atoms with van der Waals surface area (Å²) in [6, 6.07) is 12.2. The first kappa shape index (κ1) is 25.9. The van der Waals surface area contributed by atoms with Gasteiger partial charge in [0.05, 0.1) is 24.3 Å². The molecule has 1 fully saturated rings. The van der Waals surface area contributed by atoms with E-state index in [0.717, 1.165) is 47.2 Å². The monoisotopic (exact) mass is 538 g/mol. The van der Waals surface area contributed by atoms with Crippen LogP contribution in [0.15, 0.2) is 53.5 Å². The van der Waals surface area contributed by atoms with Crippen LogP contribution in [-0.4, -0.2) is 75.5 Å². The Bertz CT molecular complexity index is 1280. The van der Waals surface area contributed by atoms with Crippen molar-refractivity contribution in [1.82, 2.24) is 15.5 Å². The van der Waals surface area contributed by atoms with Crippen molar-refractivity contribution in [1.29, 1.82) is 0 Å². The molecule has 3 atom stereocenters. The number of likely N-dealkylation sites (tertiary alicyclic amines) is 1. The molecule has 12 heteroatoms. The van der Waals surface area contributed by atoms with Gasteiger partial charge in [0.2, 0.25) is 17.7 Å². The normalized spacial score (nSPS) is 20.2. The Balaban J connectivity index is 1.32. The number of amides is 3. The molecule has 5 rings (SSSR count). The van der Waals surface area contributed by atoms with Crippen molar-refractivity contribution in [2.24, 2.45) is 4.99 Å². The van der Waals surface area contributed by atoms with Gasteiger partial charge >= 0.3 is 0 Å². The molecule has 3 unspecified atom stereocenters. The van der Waals surface area contributed by atoms with Crippen molar-refractivity contribution in [3.05, 3.63) is 59.7 Å². The third kappa shape index (κ3) is 5.55. The summed E-state index contributed by atoms with van der Waals surface area (Å²) < 4.78 is 23.1. The third-order valence-electron chi connectivity index (χ3n) is 6.92. The number of para-hydroxylation sites is 2. The molecule has 0 aliphatic carbocycles. The van der Waals surface area contributed by atoms with Crippen LogP contribution in [0.3, 0.4) is 0 Å². The van der Waals surface area contributed by atoms with Crippen molar-refractivity contribution in [2.75, 3.05) is 35.8 Å². The number of hydrogen-bond donors (Lipinski definition) is 4. The molecule has 2 aromatic rings. The molecule has 0 radical (unpaired) electrons. The minimum absolute atomic E-state index is 0.178. The highest BCUT2D eigenvalue weighted by atomic mass is 32.2. The highest BCUT2D eigenvalue weighted by molar-refractivity contribution is 7.80. The zero-order valence-corrected chi connectivity index (χ0v) is 21.6. The Morgan fingerprint density at radius 2 is 1.87 bits per heavy atom. The number of nitrogens with zero attached hydrogens (tertiary/aromatic N) is 3. The Morgan fingerprint density at radius 1 is 1.13 bits per heavy atom. The van der Waals surface area contributed by atoms with Gasteiger partial charge in [0, 0.05) is 31.6 Å². The summed E-state index contributed by atoms with van der Waals surface area (Å²) in [6.45, 7) is 2.81. The van der Waals surface area contributed by atoms with Gasteiger partial charge in [-0.2, -0.15) is 0 Å². The molecular weight excluding hydrogens is 508 g/mol. The first-order valence-corrected chi connectivity index (χ1v) is 13.7. The molecule has 3 heterocycles. The quantitative estimate of drug-likeness (QED) is 0.370. The second-order valence-corrected chi connectivity index (χ2v) is 10.3. The molecule has 3 aliphatic heterocycles. The van der Waals surface area contributed by atoms with Crippen LogP contribution in [0.25, 0.3) is 0 Å². The summed E-state index contributed by atoms with van der Waals surface area (Å²) in [6.07, 6.45) is 1.71. The standard InChI is InChI=1S/C26H30N6O5S/c33-23(16-22-25(34)30-19-5-1-2-6-21(19)32(22)38(36)37)29-20(26(35)31-13-3-4-14-31)15-17-7-9-18(10-8-17)24-27-11-12-28-24/h1-2,5-10,20,22H,3-4,11-16H2,(H,27,28)(H,29,33)(H,30,34)(H,36,37). The van der Waals surface area contributed by atoms with E-state index in [-0.39, 0.29) is 18.7 Å². The van der Waals surface area contributed by atoms with Gasteiger partial charge < -0.3 is 20.9 Å². The summed E-state index contributed by atoms with van der Waals surface area (Å²) in [5.74, 6) is -0.461. The van der Waals surface area contributed by atoms with Gasteiger partial charge in [-0.25, -0.2) is 4.21 Å². The number of carbonyl (C=O) groups excluding carboxylic acids is 3. The topological polar surface area (TPSA) is 143 Å². The average Bonchev–Trinajstić information content (AvgIpc) is 3.63. The van der Waals surface area contributed by atoms with Crippen molar-refractivity contribution in [3.8, 4) is 0 Å². The maximum absolute atomic E-state index is 13.4. The zero-order chi connectivity index (χ0) is 26.6. The van der Waals surface area contributed by atoms with Gasteiger partial charge in [0.15, 0.2) is 0 Å². The van der Waals surface area contributed by atoms with Crippen LogP contribution < -0.4 is 20.3 Å². The highest BCUT2D eigenvalue weighted by Gasteiger charge is 2.38. The van der Waals surface area contributed by atoms with Crippen molar-refractivity contribution < 1.29 is 23.1 Å². The average molecular weight is 539 g/mol. The lowest BCUT2D eigenvalue weighted by molar-refractivity contribution is -0.135. The number of hydrogen-bond acceptors (Lipinski definition) is 6. The molecule has 4 N–H and O–H groups in total. The summed E-state index contributed by atoms with van der Waals surface area (Å²) >= 11 is -2.54. The number of aliphatic imine (C=N–C) groups is 1. The smallest absolute Gasteiger partial charge is 0.262 e. The van der Waals surface area contributed by atoms with Crippen molar-refractivity contribution in [2.45, 2.75) is 37.8 Å². The molecule has 38 heavy (non-hydrogen) atoms. The number of nitrogens with one attached hydrogen (secondary N) is 3. The van der Waals surface area contributed by atoms with Crippen molar-refractivity contribution in [3.63, 3.8) is 0 Å². The van der Waals surface area contributed by atoms with Crippen molar-refractivity contribution >= 4 is 46.2 Å². The fraction of sp³-hybridized carbons (Fsp3) is 0.385. The van der Waals surface area contributed by atoms with Crippen LogP contribution in [0.5, 0.6) is 0 Å². The van der Waals surface area contributed by atoms with E-state index in [2.05, 4.69) is 20.9 Å². The number of carbonyl (C=O) groups is 3. The molecular formula is C26H30N6O5S. The summed E-state index contributed by atoms with van der Waals surface area (Å²) in [5.41, 5.74) is 2.56. The second-order valence-electron chi connectivity index (χ2n) is 9.49. The molecule has 3 amide bonds. The van der Waals surface area contributed by atoms with Gasteiger partial charge in [-0.1, -0.05) is 36.4 Å². The van der Waals surface area contributed by atoms with E-state index in [9.17, 15) is 23.1 Å². The van der Waals surface area contributed by atoms with Crippen LogP contribution in [0.1, 0.15) is 30.4 Å². The van der Waals surface area contributed by atoms with E-state index in [4.69, 9.17) is 0 Å². The molecule has 0 spiro atoms. The van der Waals surface area contributed by atoms with Gasteiger partial charge in [0.1, 0.15) is 17.9 Å². The largest absolute Gasteiger partial charge is 0.368 e. The summed E-state index contributed by atoms with van der Waals surface area (Å²) in [7, 11) is 0. The Morgan fingerprint density at radius 3 is 2.55 bits per heavy atom. The van der Waals surface area contributed by atoms with E-state index in [1.807, 2.05) is 24.3 Å². The van der Waals surface area contributed by atoms with Crippen LogP contribution in [0.4, 0.5) is 11.4 Å². The van der Waals surface area contributed by atoms with Gasteiger partial charge in [-0.05, 0) is 30.5 Å². The number of benzene rings is 2. The summed E-state index contributed by atoms with van der Waals surface area (Å²) in [4.78, 5) is 45.5. The fourth-order valence-corrected chi connectivity index (χ4v) is 5.76. The van der Waals surface area contributed by atoms with Gasteiger partial charge in [-0.15, -0.1) is 0 Å². The van der Waals surface area contributed by atoms with Gasteiger partial charge in [0.25, 0.3) is 11.3 Å².